The van der Waals surface area contributed by atoms with E-state index in [0.717, 1.165) is 5.56 Å². The van der Waals surface area contributed by atoms with E-state index in [1.54, 1.807) is 23.7 Å². The SMILES string of the molecule is CC.CC.Cc1cncnc1.Cc1cncs1. The van der Waals surface area contributed by atoms with Crippen molar-refractivity contribution in [1.82, 2.24) is 15.0 Å². The highest BCUT2D eigenvalue weighted by atomic mass is 32.1. The van der Waals surface area contributed by atoms with Crippen molar-refractivity contribution in [2.75, 3.05) is 0 Å². The minimum atomic E-state index is 1.10. The Balaban J connectivity index is 0. The van der Waals surface area contributed by atoms with Crippen LogP contribution < -0.4 is 0 Å². The predicted molar refractivity (Wildman–Crippen MR) is 76.3 cm³/mol. The lowest BCUT2D eigenvalue weighted by Crippen LogP contribution is -1.75. The Kier molecular flexibility index (Phi) is 15.6. The molecule has 2 aromatic heterocycles. The Morgan fingerprint density at radius 2 is 1.35 bits per heavy atom. The van der Waals surface area contributed by atoms with Gasteiger partial charge in [-0.1, -0.05) is 27.7 Å². The number of hydrogen-bond donors (Lipinski definition) is 0. The van der Waals surface area contributed by atoms with Gasteiger partial charge in [-0.15, -0.1) is 11.3 Å². The van der Waals surface area contributed by atoms with Gasteiger partial charge in [-0.2, -0.15) is 0 Å². The predicted octanol–water partition coefficient (Wildman–Crippen LogP) is 4.29. The van der Waals surface area contributed by atoms with Gasteiger partial charge in [0.1, 0.15) is 6.33 Å². The van der Waals surface area contributed by atoms with Crippen LogP contribution in [0.1, 0.15) is 38.1 Å². The molecule has 0 aliphatic carbocycles. The third-order valence-corrected chi connectivity index (χ3v) is 1.95. The maximum Gasteiger partial charge on any atom is 0.115 e. The van der Waals surface area contributed by atoms with Gasteiger partial charge in [0.05, 0.1) is 5.51 Å². The second-order valence-electron chi connectivity index (χ2n) is 2.53. The van der Waals surface area contributed by atoms with E-state index >= 15 is 0 Å². The third-order valence-electron chi connectivity index (χ3n) is 1.25. The summed E-state index contributed by atoms with van der Waals surface area (Å²) in [5.41, 5.74) is 2.93. The van der Waals surface area contributed by atoms with Crippen molar-refractivity contribution >= 4 is 11.3 Å². The van der Waals surface area contributed by atoms with Crippen LogP contribution in [-0.4, -0.2) is 15.0 Å². The normalized spacial score (nSPS) is 7.41. The molecule has 0 unspecified atom stereocenters. The lowest BCUT2D eigenvalue weighted by atomic mass is 10.4. The highest BCUT2D eigenvalue weighted by molar-refractivity contribution is 7.09. The number of aromatic nitrogens is 3. The van der Waals surface area contributed by atoms with Crippen molar-refractivity contribution in [3.63, 3.8) is 0 Å². The van der Waals surface area contributed by atoms with Gasteiger partial charge >= 0.3 is 0 Å². The Hall–Kier alpha value is -1.29. The minimum absolute atomic E-state index is 1.10. The van der Waals surface area contributed by atoms with Crippen LogP contribution in [-0.2, 0) is 0 Å². The zero-order valence-electron chi connectivity index (χ0n) is 11.6. The number of hydrogen-bond acceptors (Lipinski definition) is 4. The molecule has 0 N–H and O–H groups in total. The van der Waals surface area contributed by atoms with Crippen LogP contribution in [0.15, 0.2) is 30.4 Å². The first-order chi connectivity index (χ1) is 8.29. The number of nitrogens with zero attached hydrogens (tertiary/aromatic N) is 3. The van der Waals surface area contributed by atoms with Gasteiger partial charge in [0.25, 0.3) is 0 Å². The summed E-state index contributed by atoms with van der Waals surface area (Å²) in [6, 6.07) is 0. The van der Waals surface area contributed by atoms with Crippen molar-refractivity contribution in [2.45, 2.75) is 41.5 Å². The Morgan fingerprint density at radius 3 is 1.53 bits per heavy atom. The van der Waals surface area contributed by atoms with E-state index in [1.807, 2.05) is 53.2 Å². The monoisotopic (exact) mass is 253 g/mol. The second kappa shape index (κ2) is 14.7. The second-order valence-corrected chi connectivity index (χ2v) is 3.62. The topological polar surface area (TPSA) is 38.7 Å². The summed E-state index contributed by atoms with van der Waals surface area (Å²) in [4.78, 5) is 12.7. The highest BCUT2D eigenvalue weighted by Crippen LogP contribution is 1.99. The Bertz CT molecular complexity index is 320. The molecule has 0 aromatic carbocycles. The average molecular weight is 253 g/mol. The molecule has 0 atom stereocenters. The maximum absolute atomic E-state index is 3.84. The van der Waals surface area contributed by atoms with Crippen molar-refractivity contribution in [1.29, 1.82) is 0 Å². The molecule has 96 valence electrons. The molecule has 0 aliphatic rings. The fourth-order valence-electron chi connectivity index (χ4n) is 0.653. The first-order valence-electron chi connectivity index (χ1n) is 5.86. The largest absolute Gasteiger partial charge is 0.253 e. The van der Waals surface area contributed by atoms with Crippen LogP contribution in [0.5, 0.6) is 0 Å². The van der Waals surface area contributed by atoms with Crippen LogP contribution in [0.4, 0.5) is 0 Å². The van der Waals surface area contributed by atoms with Crippen LogP contribution in [0.2, 0.25) is 0 Å². The molecule has 0 saturated heterocycles. The van der Waals surface area contributed by atoms with Crippen molar-refractivity contribution in [3.05, 3.63) is 40.9 Å². The summed E-state index contributed by atoms with van der Waals surface area (Å²) in [5.74, 6) is 0. The fraction of sp³-hybridized carbons (Fsp3) is 0.462. The van der Waals surface area contributed by atoms with E-state index in [4.69, 9.17) is 0 Å². The zero-order chi connectivity index (χ0) is 13.5. The summed E-state index contributed by atoms with van der Waals surface area (Å²) in [6.07, 6.45) is 6.91. The lowest BCUT2D eigenvalue weighted by molar-refractivity contribution is 1.13. The Morgan fingerprint density at radius 1 is 0.824 bits per heavy atom. The van der Waals surface area contributed by atoms with Crippen LogP contribution in [0.3, 0.4) is 0 Å². The molecular formula is C13H23N3S. The molecular weight excluding hydrogens is 230 g/mol. The molecule has 17 heavy (non-hydrogen) atoms. The summed E-state index contributed by atoms with van der Waals surface area (Å²) >= 11 is 1.67. The van der Waals surface area contributed by atoms with E-state index in [0.29, 0.717) is 0 Å². The molecule has 3 nitrogen and oxygen atoms in total. The third kappa shape index (κ3) is 12.6. The van der Waals surface area contributed by atoms with Gasteiger partial charge in [-0.05, 0) is 19.4 Å². The van der Waals surface area contributed by atoms with Gasteiger partial charge in [-0.25, -0.2) is 9.97 Å². The van der Waals surface area contributed by atoms with E-state index in [-0.39, 0.29) is 0 Å². The van der Waals surface area contributed by atoms with Gasteiger partial charge in [0.15, 0.2) is 0 Å². The molecule has 0 bridgehead atoms. The highest BCUT2D eigenvalue weighted by Gasteiger charge is 1.76. The zero-order valence-corrected chi connectivity index (χ0v) is 12.5. The van der Waals surface area contributed by atoms with Gasteiger partial charge in [0, 0.05) is 23.5 Å². The smallest absolute Gasteiger partial charge is 0.115 e. The standard InChI is InChI=1S/C5H6N2.C4H5NS.2C2H6/c1-5-2-6-4-7-3-5;1-4-2-5-3-6-4;2*1-2/h2-4H,1H3;2-3H,1H3;2*1-2H3. The molecule has 0 spiro atoms. The average Bonchev–Trinajstić information content (AvgIpc) is 2.87. The maximum atomic E-state index is 3.84. The van der Waals surface area contributed by atoms with Gasteiger partial charge < -0.3 is 0 Å². The van der Waals surface area contributed by atoms with E-state index in [9.17, 15) is 0 Å². The lowest BCUT2D eigenvalue weighted by Gasteiger charge is -1.81. The van der Waals surface area contributed by atoms with Crippen LogP contribution in [0, 0.1) is 13.8 Å². The number of thiazole rings is 1. The molecule has 0 fully saturated rings. The summed E-state index contributed by atoms with van der Waals surface area (Å²) in [5, 5.41) is 0. The Labute approximate surface area is 109 Å². The van der Waals surface area contributed by atoms with Crippen molar-refractivity contribution in [3.8, 4) is 0 Å². The van der Waals surface area contributed by atoms with E-state index in [1.165, 1.54) is 11.2 Å². The van der Waals surface area contributed by atoms with Gasteiger partial charge in [-0.3, -0.25) is 4.98 Å². The first kappa shape index (κ1) is 18.1. The van der Waals surface area contributed by atoms with Crippen LogP contribution >= 0.6 is 11.3 Å². The first-order valence-corrected chi connectivity index (χ1v) is 6.73. The summed E-state index contributed by atoms with van der Waals surface area (Å²) < 4.78 is 0. The summed E-state index contributed by atoms with van der Waals surface area (Å²) in [6.45, 7) is 12.0. The molecule has 0 saturated carbocycles. The fourth-order valence-corrected chi connectivity index (χ4v) is 1.06. The van der Waals surface area contributed by atoms with E-state index in [2.05, 4.69) is 15.0 Å². The molecule has 0 amide bonds. The number of rotatable bonds is 0. The number of aryl methyl sites for hydroxylation is 2. The van der Waals surface area contributed by atoms with Gasteiger partial charge in [0.2, 0.25) is 0 Å². The molecule has 0 aliphatic heterocycles. The molecule has 2 aromatic rings. The molecule has 2 rings (SSSR count). The minimum Gasteiger partial charge on any atom is -0.253 e. The molecule has 0 radical (unpaired) electrons. The molecule has 4 heteroatoms. The molecule has 2 heterocycles. The van der Waals surface area contributed by atoms with Crippen molar-refractivity contribution < 1.29 is 0 Å². The van der Waals surface area contributed by atoms with Crippen LogP contribution in [0.25, 0.3) is 0 Å². The van der Waals surface area contributed by atoms with E-state index < -0.39 is 0 Å². The van der Waals surface area contributed by atoms with Crippen molar-refractivity contribution in [2.24, 2.45) is 0 Å². The summed E-state index contributed by atoms with van der Waals surface area (Å²) in [7, 11) is 0. The quantitative estimate of drug-likeness (QED) is 0.703.